The predicted molar refractivity (Wildman–Crippen MR) is 87.0 cm³/mol. The van der Waals surface area contributed by atoms with Gasteiger partial charge in [0.05, 0.1) is 4.92 Å². The minimum absolute atomic E-state index is 0.113. The van der Waals surface area contributed by atoms with Gasteiger partial charge >= 0.3 is 0 Å². The molecule has 0 unspecified atom stereocenters. The van der Waals surface area contributed by atoms with Crippen LogP contribution in [0.15, 0.2) is 47.1 Å². The van der Waals surface area contributed by atoms with Crippen molar-refractivity contribution >= 4 is 33.3 Å². The number of anilines is 1. The molecule has 6 nitrogen and oxygen atoms in total. The number of nitro groups is 1. The molecule has 0 aliphatic carbocycles. The first-order valence-electron chi connectivity index (χ1n) is 6.59. The zero-order valence-electron chi connectivity index (χ0n) is 12.1. The number of nitro benzene ring substituents is 1. The van der Waals surface area contributed by atoms with Crippen molar-refractivity contribution in [2.45, 2.75) is 19.9 Å². The predicted octanol–water partition coefficient (Wildman–Crippen LogP) is 3.81. The summed E-state index contributed by atoms with van der Waals surface area (Å²) in [5.41, 5.74) is 0.144. The van der Waals surface area contributed by atoms with Crippen LogP contribution in [0.4, 0.5) is 11.5 Å². The van der Waals surface area contributed by atoms with Crippen LogP contribution in [0.1, 0.15) is 24.2 Å². The van der Waals surface area contributed by atoms with Crippen LogP contribution >= 0.6 is 15.9 Å². The first-order valence-corrected chi connectivity index (χ1v) is 7.39. The second-order valence-electron chi connectivity index (χ2n) is 4.91. The first kappa shape index (κ1) is 16.1. The summed E-state index contributed by atoms with van der Waals surface area (Å²) in [5.74, 6) is 0.170. The summed E-state index contributed by atoms with van der Waals surface area (Å²) in [6.45, 7) is 3.72. The summed E-state index contributed by atoms with van der Waals surface area (Å²) < 4.78 is 0.808. The molecule has 0 fully saturated rings. The molecule has 0 radical (unpaired) electrons. The summed E-state index contributed by atoms with van der Waals surface area (Å²) >= 11 is 3.30. The Kier molecular flexibility index (Phi) is 4.87. The van der Waals surface area contributed by atoms with E-state index in [2.05, 4.69) is 20.9 Å². The van der Waals surface area contributed by atoms with Crippen molar-refractivity contribution in [3.63, 3.8) is 0 Å². The molecule has 1 aromatic heterocycles. The Morgan fingerprint density at radius 1 is 1.32 bits per heavy atom. The zero-order valence-corrected chi connectivity index (χ0v) is 13.6. The SMILES string of the molecule is CC(C)N(C(=O)c1cccc([N+](=O)[O-])c1)c1ccc(Br)cn1. The van der Waals surface area contributed by atoms with E-state index in [9.17, 15) is 14.9 Å². The molecule has 22 heavy (non-hydrogen) atoms. The standard InChI is InChI=1S/C15H14BrN3O3/c1-10(2)18(14-7-6-12(16)9-17-14)15(20)11-4-3-5-13(8-11)19(21)22/h3-10H,1-2H3. The monoisotopic (exact) mass is 363 g/mol. The second-order valence-corrected chi connectivity index (χ2v) is 5.83. The van der Waals surface area contributed by atoms with Gasteiger partial charge in [-0.05, 0) is 48.0 Å². The smallest absolute Gasteiger partial charge is 0.270 e. The molecule has 0 aliphatic rings. The molecule has 114 valence electrons. The van der Waals surface area contributed by atoms with Crippen LogP contribution in [0.2, 0.25) is 0 Å². The van der Waals surface area contributed by atoms with E-state index in [0.29, 0.717) is 5.82 Å². The van der Waals surface area contributed by atoms with Gasteiger partial charge in [0.2, 0.25) is 0 Å². The molecule has 0 saturated heterocycles. The summed E-state index contributed by atoms with van der Waals surface area (Å²) in [6.07, 6.45) is 1.60. The molecule has 1 heterocycles. The number of pyridine rings is 1. The molecular weight excluding hydrogens is 350 g/mol. The molecule has 2 rings (SSSR count). The molecule has 0 N–H and O–H groups in total. The van der Waals surface area contributed by atoms with Gasteiger partial charge in [-0.3, -0.25) is 19.8 Å². The van der Waals surface area contributed by atoms with Crippen LogP contribution < -0.4 is 4.90 Å². The summed E-state index contributed by atoms with van der Waals surface area (Å²) in [6, 6.07) is 9.06. The van der Waals surface area contributed by atoms with Gasteiger partial charge < -0.3 is 0 Å². The molecule has 0 bridgehead atoms. The highest BCUT2D eigenvalue weighted by Crippen LogP contribution is 2.21. The highest BCUT2D eigenvalue weighted by molar-refractivity contribution is 9.10. The molecule has 0 aliphatic heterocycles. The van der Waals surface area contributed by atoms with Crippen LogP contribution in [-0.4, -0.2) is 21.9 Å². The van der Waals surface area contributed by atoms with Gasteiger partial charge in [-0.15, -0.1) is 0 Å². The first-order chi connectivity index (χ1) is 10.4. The lowest BCUT2D eigenvalue weighted by Gasteiger charge is -2.25. The van der Waals surface area contributed by atoms with E-state index >= 15 is 0 Å². The maximum atomic E-state index is 12.7. The quantitative estimate of drug-likeness (QED) is 0.611. The number of amides is 1. The Hall–Kier alpha value is -2.28. The van der Waals surface area contributed by atoms with E-state index in [-0.39, 0.29) is 23.2 Å². The number of carbonyl (C=O) groups excluding carboxylic acids is 1. The van der Waals surface area contributed by atoms with Gasteiger partial charge in [-0.2, -0.15) is 0 Å². The molecule has 1 amide bonds. The van der Waals surface area contributed by atoms with Gasteiger partial charge in [0, 0.05) is 34.4 Å². The number of rotatable bonds is 4. The fourth-order valence-electron chi connectivity index (χ4n) is 2.01. The number of halogens is 1. The van der Waals surface area contributed by atoms with E-state index in [1.54, 1.807) is 24.4 Å². The van der Waals surface area contributed by atoms with Gasteiger partial charge in [-0.1, -0.05) is 6.07 Å². The number of carbonyl (C=O) groups is 1. The van der Waals surface area contributed by atoms with Crippen molar-refractivity contribution in [1.82, 2.24) is 4.98 Å². The zero-order chi connectivity index (χ0) is 16.3. The largest absolute Gasteiger partial charge is 0.290 e. The summed E-state index contributed by atoms with van der Waals surface area (Å²) in [4.78, 5) is 28.8. The van der Waals surface area contributed by atoms with Crippen molar-refractivity contribution in [3.05, 3.63) is 62.7 Å². The lowest BCUT2D eigenvalue weighted by atomic mass is 10.1. The topological polar surface area (TPSA) is 76.3 Å². The maximum Gasteiger partial charge on any atom is 0.270 e. The van der Waals surface area contributed by atoms with Crippen LogP contribution in [0.3, 0.4) is 0 Å². The van der Waals surface area contributed by atoms with Gasteiger partial charge in [0.15, 0.2) is 0 Å². The van der Waals surface area contributed by atoms with E-state index in [1.807, 2.05) is 13.8 Å². The Morgan fingerprint density at radius 2 is 2.05 bits per heavy atom. The van der Waals surface area contributed by atoms with E-state index in [4.69, 9.17) is 0 Å². The lowest BCUT2D eigenvalue weighted by molar-refractivity contribution is -0.384. The third-order valence-electron chi connectivity index (χ3n) is 3.00. The van der Waals surface area contributed by atoms with E-state index in [1.165, 1.54) is 23.1 Å². The average Bonchev–Trinajstić information content (AvgIpc) is 2.49. The van der Waals surface area contributed by atoms with Gasteiger partial charge in [-0.25, -0.2) is 4.98 Å². The Bertz CT molecular complexity index is 701. The highest BCUT2D eigenvalue weighted by Gasteiger charge is 2.23. The number of aromatic nitrogens is 1. The van der Waals surface area contributed by atoms with Crippen molar-refractivity contribution in [2.24, 2.45) is 0 Å². The fraction of sp³-hybridized carbons (Fsp3) is 0.200. The number of nitrogens with zero attached hydrogens (tertiary/aromatic N) is 3. The minimum Gasteiger partial charge on any atom is -0.290 e. The van der Waals surface area contributed by atoms with Crippen LogP contribution in [0, 0.1) is 10.1 Å². The van der Waals surface area contributed by atoms with E-state index in [0.717, 1.165) is 4.47 Å². The van der Waals surface area contributed by atoms with Crippen molar-refractivity contribution < 1.29 is 9.72 Å². The average molecular weight is 364 g/mol. The number of non-ortho nitro benzene ring substituents is 1. The van der Waals surface area contributed by atoms with Crippen molar-refractivity contribution in [1.29, 1.82) is 0 Å². The molecule has 0 spiro atoms. The Morgan fingerprint density at radius 3 is 2.59 bits per heavy atom. The van der Waals surface area contributed by atoms with Crippen molar-refractivity contribution in [3.8, 4) is 0 Å². The minimum atomic E-state index is -0.519. The third kappa shape index (κ3) is 3.48. The van der Waals surface area contributed by atoms with Gasteiger partial charge in [0.1, 0.15) is 5.82 Å². The van der Waals surface area contributed by atoms with Gasteiger partial charge in [0.25, 0.3) is 11.6 Å². The molecule has 7 heteroatoms. The lowest BCUT2D eigenvalue weighted by Crippen LogP contribution is -2.37. The summed E-state index contributed by atoms with van der Waals surface area (Å²) in [7, 11) is 0. The Balaban J connectivity index is 2.40. The molecule has 0 atom stereocenters. The Labute approximate surface area is 136 Å². The maximum absolute atomic E-state index is 12.7. The fourth-order valence-corrected chi connectivity index (χ4v) is 2.24. The molecule has 2 aromatic rings. The molecule has 1 aromatic carbocycles. The number of hydrogen-bond acceptors (Lipinski definition) is 4. The molecular formula is C15H14BrN3O3. The van der Waals surface area contributed by atoms with Crippen LogP contribution in [-0.2, 0) is 0 Å². The van der Waals surface area contributed by atoms with E-state index < -0.39 is 4.92 Å². The second kappa shape index (κ2) is 6.65. The third-order valence-corrected chi connectivity index (χ3v) is 3.47. The van der Waals surface area contributed by atoms with Crippen molar-refractivity contribution in [2.75, 3.05) is 4.90 Å². The molecule has 0 saturated carbocycles. The number of benzene rings is 1. The normalized spacial score (nSPS) is 10.5. The van der Waals surface area contributed by atoms with Crippen LogP contribution in [0.5, 0.6) is 0 Å². The van der Waals surface area contributed by atoms with Crippen LogP contribution in [0.25, 0.3) is 0 Å². The summed E-state index contributed by atoms with van der Waals surface area (Å²) in [5, 5.41) is 10.9. The number of hydrogen-bond donors (Lipinski definition) is 0. The highest BCUT2D eigenvalue weighted by atomic mass is 79.9.